The number of hydrogen-bond donors (Lipinski definition) is 1. The SMILES string of the molecule is CN1CCN(c2ccc(Nc3ncc(-c4cccc(OC5CCCC5)c4)o3)cc2C(F)(F)F)CC1. The summed E-state index contributed by atoms with van der Waals surface area (Å²) in [6.07, 6.45) is 1.83. The third-order valence-electron chi connectivity index (χ3n) is 6.63. The smallest absolute Gasteiger partial charge is 0.418 e. The number of oxazole rings is 1. The molecule has 5 rings (SSSR count). The standard InChI is InChI=1S/C26H29F3N4O2/c1-32-11-13-33(14-12-32)23-10-9-19(16-22(23)26(27,28)29)31-25-30-17-24(35-25)18-5-4-8-21(15-18)34-20-6-2-3-7-20/h4-5,8-10,15-17,20H,2-3,6-7,11-14H2,1H3,(H,30,31). The van der Waals surface area contributed by atoms with Gasteiger partial charge in [0.25, 0.3) is 6.01 Å². The highest BCUT2D eigenvalue weighted by molar-refractivity contribution is 5.66. The molecule has 0 unspecified atom stereocenters. The van der Waals surface area contributed by atoms with Gasteiger partial charge in [-0.05, 0) is 63.1 Å². The minimum atomic E-state index is -4.47. The molecule has 2 heterocycles. The third kappa shape index (κ3) is 5.56. The lowest BCUT2D eigenvalue weighted by molar-refractivity contribution is -0.137. The zero-order valence-corrected chi connectivity index (χ0v) is 19.6. The van der Waals surface area contributed by atoms with Gasteiger partial charge in [0, 0.05) is 43.1 Å². The molecule has 35 heavy (non-hydrogen) atoms. The minimum absolute atomic E-state index is 0.127. The summed E-state index contributed by atoms with van der Waals surface area (Å²) in [4.78, 5) is 8.11. The van der Waals surface area contributed by atoms with Crippen LogP contribution in [0, 0.1) is 0 Å². The number of hydrogen-bond acceptors (Lipinski definition) is 6. The number of likely N-dealkylation sites (N-methyl/N-ethyl adjacent to an activating group) is 1. The van der Waals surface area contributed by atoms with Crippen LogP contribution in [0.5, 0.6) is 5.75 Å². The van der Waals surface area contributed by atoms with Crippen molar-refractivity contribution in [2.45, 2.75) is 38.0 Å². The van der Waals surface area contributed by atoms with Gasteiger partial charge in [-0.15, -0.1) is 0 Å². The molecule has 186 valence electrons. The van der Waals surface area contributed by atoms with Gasteiger partial charge < -0.3 is 24.3 Å². The molecule has 3 aromatic rings. The summed E-state index contributed by atoms with van der Waals surface area (Å²) < 4.78 is 53.5. The zero-order chi connectivity index (χ0) is 24.4. The van der Waals surface area contributed by atoms with E-state index in [1.54, 1.807) is 17.2 Å². The Morgan fingerprint density at radius 3 is 2.54 bits per heavy atom. The van der Waals surface area contributed by atoms with Crippen LogP contribution in [0.1, 0.15) is 31.2 Å². The van der Waals surface area contributed by atoms with Gasteiger partial charge in [0.1, 0.15) is 5.75 Å². The molecule has 0 bridgehead atoms. The van der Waals surface area contributed by atoms with Gasteiger partial charge in [-0.3, -0.25) is 0 Å². The van der Waals surface area contributed by atoms with Gasteiger partial charge in [-0.1, -0.05) is 12.1 Å². The molecule has 1 aliphatic heterocycles. The minimum Gasteiger partial charge on any atom is -0.490 e. The number of rotatable bonds is 6. The second-order valence-corrected chi connectivity index (χ2v) is 9.23. The molecule has 1 N–H and O–H groups in total. The Morgan fingerprint density at radius 2 is 1.80 bits per heavy atom. The predicted octanol–water partition coefficient (Wildman–Crippen LogP) is 6.18. The number of alkyl halides is 3. The fourth-order valence-corrected chi connectivity index (χ4v) is 4.67. The monoisotopic (exact) mass is 486 g/mol. The van der Waals surface area contributed by atoms with E-state index in [9.17, 15) is 13.2 Å². The van der Waals surface area contributed by atoms with Crippen LogP contribution < -0.4 is 15.0 Å². The lowest BCUT2D eigenvalue weighted by atomic mass is 10.1. The summed E-state index contributed by atoms with van der Waals surface area (Å²) in [6.45, 7) is 2.56. The van der Waals surface area contributed by atoms with E-state index >= 15 is 0 Å². The van der Waals surface area contributed by atoms with Crippen molar-refractivity contribution in [3.05, 3.63) is 54.2 Å². The summed E-state index contributed by atoms with van der Waals surface area (Å²) in [5.41, 5.74) is 0.586. The number of nitrogens with one attached hydrogen (secondary N) is 1. The fourth-order valence-electron chi connectivity index (χ4n) is 4.67. The second-order valence-electron chi connectivity index (χ2n) is 9.23. The van der Waals surface area contributed by atoms with E-state index in [4.69, 9.17) is 9.15 Å². The summed E-state index contributed by atoms with van der Waals surface area (Å²) >= 11 is 0. The first-order chi connectivity index (χ1) is 16.8. The molecule has 9 heteroatoms. The van der Waals surface area contributed by atoms with E-state index in [-0.39, 0.29) is 23.5 Å². The van der Waals surface area contributed by atoms with E-state index in [0.717, 1.165) is 43.3 Å². The first-order valence-electron chi connectivity index (χ1n) is 12.0. The highest BCUT2D eigenvalue weighted by Crippen LogP contribution is 2.39. The molecule has 1 saturated heterocycles. The predicted molar refractivity (Wildman–Crippen MR) is 129 cm³/mol. The molecule has 2 aromatic carbocycles. The Hall–Kier alpha value is -3.20. The second kappa shape index (κ2) is 9.81. The molecule has 2 aliphatic rings. The van der Waals surface area contributed by atoms with Crippen LogP contribution in [-0.4, -0.2) is 49.2 Å². The third-order valence-corrected chi connectivity index (χ3v) is 6.63. The number of piperazine rings is 1. The fraction of sp³-hybridized carbons (Fsp3) is 0.423. The topological polar surface area (TPSA) is 53.8 Å². The molecular formula is C26H29F3N4O2. The van der Waals surface area contributed by atoms with E-state index in [0.29, 0.717) is 18.8 Å². The summed E-state index contributed by atoms with van der Waals surface area (Å²) in [5, 5.41) is 2.88. The van der Waals surface area contributed by atoms with Crippen LogP contribution in [0.15, 0.2) is 53.1 Å². The quantitative estimate of drug-likeness (QED) is 0.449. The van der Waals surface area contributed by atoms with Crippen LogP contribution in [0.3, 0.4) is 0 Å². The molecule has 2 fully saturated rings. The van der Waals surface area contributed by atoms with Crippen LogP contribution in [0.25, 0.3) is 11.3 Å². The summed E-state index contributed by atoms with van der Waals surface area (Å²) in [7, 11) is 1.97. The van der Waals surface area contributed by atoms with Crippen molar-refractivity contribution in [3.8, 4) is 17.1 Å². The van der Waals surface area contributed by atoms with Crippen molar-refractivity contribution in [2.24, 2.45) is 0 Å². The zero-order valence-electron chi connectivity index (χ0n) is 19.6. The highest BCUT2D eigenvalue weighted by Gasteiger charge is 2.36. The first-order valence-corrected chi connectivity index (χ1v) is 12.0. The molecule has 1 aromatic heterocycles. The first kappa shape index (κ1) is 23.5. The van der Waals surface area contributed by atoms with Gasteiger partial charge in [0.05, 0.1) is 17.9 Å². The molecule has 0 spiro atoms. The number of anilines is 3. The maximum atomic E-state index is 13.9. The average molecular weight is 487 g/mol. The number of nitrogens with zero attached hydrogens (tertiary/aromatic N) is 3. The number of aromatic nitrogens is 1. The van der Waals surface area contributed by atoms with Gasteiger partial charge in [-0.25, -0.2) is 4.98 Å². The molecule has 0 radical (unpaired) electrons. The Labute approximate surface area is 202 Å². The molecule has 0 atom stereocenters. The number of ether oxygens (including phenoxy) is 1. The maximum Gasteiger partial charge on any atom is 0.418 e. The highest BCUT2D eigenvalue weighted by atomic mass is 19.4. The molecular weight excluding hydrogens is 457 g/mol. The average Bonchev–Trinajstić information content (AvgIpc) is 3.52. The molecule has 0 amide bonds. The van der Waals surface area contributed by atoms with Gasteiger partial charge >= 0.3 is 6.18 Å². The van der Waals surface area contributed by atoms with Crippen LogP contribution in [-0.2, 0) is 6.18 Å². The summed E-state index contributed by atoms with van der Waals surface area (Å²) in [5.74, 6) is 1.28. The van der Waals surface area contributed by atoms with Crippen molar-refractivity contribution in [3.63, 3.8) is 0 Å². The van der Waals surface area contributed by atoms with E-state index in [1.807, 2.05) is 31.3 Å². The van der Waals surface area contributed by atoms with Crippen molar-refractivity contribution in [1.82, 2.24) is 9.88 Å². The largest absolute Gasteiger partial charge is 0.490 e. The maximum absolute atomic E-state index is 13.9. The lowest BCUT2D eigenvalue weighted by Crippen LogP contribution is -2.45. The summed E-state index contributed by atoms with van der Waals surface area (Å²) in [6, 6.07) is 12.0. The van der Waals surface area contributed by atoms with Crippen LogP contribution in [0.2, 0.25) is 0 Å². The van der Waals surface area contributed by atoms with Crippen molar-refractivity contribution >= 4 is 17.4 Å². The van der Waals surface area contributed by atoms with Crippen molar-refractivity contribution < 1.29 is 22.3 Å². The lowest BCUT2D eigenvalue weighted by Gasteiger charge is -2.35. The van der Waals surface area contributed by atoms with Crippen molar-refractivity contribution in [2.75, 3.05) is 43.4 Å². The van der Waals surface area contributed by atoms with E-state index in [2.05, 4.69) is 15.2 Å². The normalized spacial score (nSPS) is 17.7. The number of halogens is 3. The molecule has 1 aliphatic carbocycles. The Balaban J connectivity index is 1.32. The van der Waals surface area contributed by atoms with Gasteiger partial charge in [-0.2, -0.15) is 13.2 Å². The Kier molecular flexibility index (Phi) is 6.60. The Bertz CT molecular complexity index is 1150. The van der Waals surface area contributed by atoms with Crippen LogP contribution in [0.4, 0.5) is 30.6 Å². The van der Waals surface area contributed by atoms with E-state index < -0.39 is 11.7 Å². The van der Waals surface area contributed by atoms with E-state index in [1.165, 1.54) is 18.9 Å². The molecule has 6 nitrogen and oxygen atoms in total. The van der Waals surface area contributed by atoms with Crippen LogP contribution >= 0.6 is 0 Å². The molecule has 1 saturated carbocycles. The van der Waals surface area contributed by atoms with Crippen molar-refractivity contribution in [1.29, 1.82) is 0 Å². The number of benzene rings is 2. The Morgan fingerprint density at radius 1 is 1.03 bits per heavy atom. The van der Waals surface area contributed by atoms with Gasteiger partial charge in [0.2, 0.25) is 0 Å². The van der Waals surface area contributed by atoms with Gasteiger partial charge in [0.15, 0.2) is 5.76 Å².